The predicted molar refractivity (Wildman–Crippen MR) is 97.5 cm³/mol. The third-order valence-electron chi connectivity index (χ3n) is 5.16. The van der Waals surface area contributed by atoms with Gasteiger partial charge in [-0.2, -0.15) is 5.10 Å². The summed E-state index contributed by atoms with van der Waals surface area (Å²) in [4.78, 5) is 4.07. The van der Waals surface area contributed by atoms with E-state index in [9.17, 15) is 0 Å². The SMILES string of the molecule is CC1(C)Cc2cc(OCc3ccccc3)ccc2C1Cn1cncn1. The summed E-state index contributed by atoms with van der Waals surface area (Å²) in [7, 11) is 0. The predicted octanol–water partition coefficient (Wildman–Crippen LogP) is 4.22. The Morgan fingerprint density at radius 3 is 2.76 bits per heavy atom. The molecule has 128 valence electrons. The zero-order chi connectivity index (χ0) is 17.3. The van der Waals surface area contributed by atoms with Gasteiger partial charge in [0, 0.05) is 5.92 Å². The van der Waals surface area contributed by atoms with Crippen LogP contribution in [0.1, 0.15) is 36.5 Å². The Hall–Kier alpha value is -2.62. The molecule has 25 heavy (non-hydrogen) atoms. The Labute approximate surface area is 148 Å². The molecule has 2 aromatic carbocycles. The molecule has 3 aromatic rings. The van der Waals surface area contributed by atoms with Gasteiger partial charge in [0.1, 0.15) is 25.0 Å². The van der Waals surface area contributed by atoms with Gasteiger partial charge in [0.2, 0.25) is 0 Å². The highest BCUT2D eigenvalue weighted by Gasteiger charge is 2.39. The van der Waals surface area contributed by atoms with Gasteiger partial charge < -0.3 is 4.74 Å². The van der Waals surface area contributed by atoms with Crippen molar-refractivity contribution >= 4 is 0 Å². The average molecular weight is 333 g/mol. The highest BCUT2D eigenvalue weighted by atomic mass is 16.5. The molecule has 1 aromatic heterocycles. The van der Waals surface area contributed by atoms with Crippen molar-refractivity contribution in [1.82, 2.24) is 14.8 Å². The molecule has 1 atom stereocenters. The van der Waals surface area contributed by atoms with Crippen LogP contribution in [0.15, 0.2) is 61.2 Å². The second-order valence-corrected chi connectivity index (χ2v) is 7.47. The highest BCUT2D eigenvalue weighted by Crippen LogP contribution is 2.48. The van der Waals surface area contributed by atoms with E-state index in [0.29, 0.717) is 12.5 Å². The van der Waals surface area contributed by atoms with Gasteiger partial charge in [-0.3, -0.25) is 4.68 Å². The number of aromatic nitrogens is 3. The van der Waals surface area contributed by atoms with E-state index in [0.717, 1.165) is 18.7 Å². The first-order valence-corrected chi connectivity index (χ1v) is 8.74. The minimum absolute atomic E-state index is 0.201. The third kappa shape index (κ3) is 3.29. The van der Waals surface area contributed by atoms with Gasteiger partial charge in [0.25, 0.3) is 0 Å². The highest BCUT2D eigenvalue weighted by molar-refractivity contribution is 5.43. The Morgan fingerprint density at radius 1 is 1.16 bits per heavy atom. The van der Waals surface area contributed by atoms with E-state index in [2.05, 4.69) is 54.3 Å². The molecule has 0 N–H and O–H groups in total. The number of benzene rings is 2. The van der Waals surface area contributed by atoms with E-state index in [1.807, 2.05) is 22.9 Å². The Balaban J connectivity index is 1.53. The van der Waals surface area contributed by atoms with Crippen molar-refractivity contribution in [3.63, 3.8) is 0 Å². The molecule has 0 amide bonds. The van der Waals surface area contributed by atoms with Crippen LogP contribution in [-0.4, -0.2) is 14.8 Å². The fraction of sp³-hybridized carbons (Fsp3) is 0.333. The number of hydrogen-bond donors (Lipinski definition) is 0. The van der Waals surface area contributed by atoms with Crippen molar-refractivity contribution in [3.05, 3.63) is 77.9 Å². The Morgan fingerprint density at radius 2 is 2.00 bits per heavy atom. The fourth-order valence-corrected chi connectivity index (χ4v) is 3.80. The van der Waals surface area contributed by atoms with Gasteiger partial charge in [-0.15, -0.1) is 0 Å². The fourth-order valence-electron chi connectivity index (χ4n) is 3.80. The first kappa shape index (κ1) is 15.9. The molecule has 0 fully saturated rings. The first-order chi connectivity index (χ1) is 12.1. The lowest BCUT2D eigenvalue weighted by Gasteiger charge is -2.27. The molecule has 4 rings (SSSR count). The van der Waals surface area contributed by atoms with Crippen molar-refractivity contribution < 1.29 is 4.74 Å². The van der Waals surface area contributed by atoms with Gasteiger partial charge in [-0.25, -0.2) is 4.98 Å². The topological polar surface area (TPSA) is 39.9 Å². The zero-order valence-corrected chi connectivity index (χ0v) is 14.7. The standard InChI is InChI=1S/C21H23N3O/c1-21(2)11-17-10-18(25-13-16-6-4-3-5-7-16)8-9-19(17)20(21)12-24-15-22-14-23-24/h3-10,14-15,20H,11-13H2,1-2H3. The maximum atomic E-state index is 6.00. The Kier molecular flexibility index (Phi) is 4.04. The van der Waals surface area contributed by atoms with E-state index in [1.54, 1.807) is 12.7 Å². The Bertz CT molecular complexity index is 841. The van der Waals surface area contributed by atoms with Crippen molar-refractivity contribution in [2.24, 2.45) is 5.41 Å². The third-order valence-corrected chi connectivity index (χ3v) is 5.16. The normalized spacial score (nSPS) is 18.1. The number of ether oxygens (including phenoxy) is 1. The van der Waals surface area contributed by atoms with Gasteiger partial charge >= 0.3 is 0 Å². The van der Waals surface area contributed by atoms with E-state index >= 15 is 0 Å². The summed E-state index contributed by atoms with van der Waals surface area (Å²) in [5.74, 6) is 1.38. The molecule has 1 aliphatic carbocycles. The average Bonchev–Trinajstić information content (AvgIpc) is 3.20. The summed E-state index contributed by atoms with van der Waals surface area (Å²) in [5.41, 5.74) is 4.19. The van der Waals surface area contributed by atoms with Crippen LogP contribution >= 0.6 is 0 Å². The quantitative estimate of drug-likeness (QED) is 0.702. The molecule has 1 unspecified atom stereocenters. The molecular formula is C21H23N3O. The summed E-state index contributed by atoms with van der Waals surface area (Å²) < 4.78 is 7.93. The largest absolute Gasteiger partial charge is 0.489 e. The van der Waals surface area contributed by atoms with Crippen LogP contribution < -0.4 is 4.74 Å². The molecule has 0 saturated carbocycles. The van der Waals surface area contributed by atoms with Gasteiger partial charge in [-0.05, 0) is 40.7 Å². The van der Waals surface area contributed by atoms with Gasteiger partial charge in [-0.1, -0.05) is 50.2 Å². The molecule has 0 bridgehead atoms. The van der Waals surface area contributed by atoms with Crippen LogP contribution in [0.2, 0.25) is 0 Å². The molecular weight excluding hydrogens is 310 g/mol. The number of nitrogens with zero attached hydrogens (tertiary/aromatic N) is 3. The summed E-state index contributed by atoms with van der Waals surface area (Å²) in [6, 6.07) is 16.8. The lowest BCUT2D eigenvalue weighted by molar-refractivity contribution is 0.278. The van der Waals surface area contributed by atoms with Crippen LogP contribution in [0.3, 0.4) is 0 Å². The maximum absolute atomic E-state index is 6.00. The smallest absolute Gasteiger partial charge is 0.137 e. The minimum Gasteiger partial charge on any atom is -0.489 e. The summed E-state index contributed by atoms with van der Waals surface area (Å²) in [6.07, 6.45) is 4.46. The second-order valence-electron chi connectivity index (χ2n) is 7.47. The molecule has 1 aliphatic rings. The second kappa shape index (κ2) is 6.36. The van der Waals surface area contributed by atoms with Crippen LogP contribution in [0, 0.1) is 5.41 Å². The van der Waals surface area contributed by atoms with Crippen molar-refractivity contribution in [3.8, 4) is 5.75 Å². The molecule has 0 aliphatic heterocycles. The van der Waals surface area contributed by atoms with Crippen molar-refractivity contribution in [2.45, 2.75) is 39.3 Å². The molecule has 0 radical (unpaired) electrons. The van der Waals surface area contributed by atoms with E-state index in [4.69, 9.17) is 4.74 Å². The maximum Gasteiger partial charge on any atom is 0.137 e. The lowest BCUT2D eigenvalue weighted by atomic mass is 9.80. The summed E-state index contributed by atoms with van der Waals surface area (Å²) in [6.45, 7) is 6.13. The van der Waals surface area contributed by atoms with Crippen molar-refractivity contribution in [2.75, 3.05) is 0 Å². The summed E-state index contributed by atoms with van der Waals surface area (Å²) >= 11 is 0. The molecule has 4 heteroatoms. The number of hydrogen-bond acceptors (Lipinski definition) is 3. The van der Waals surface area contributed by atoms with Gasteiger partial charge in [0.05, 0.1) is 6.54 Å². The number of fused-ring (bicyclic) bond motifs is 1. The van der Waals surface area contributed by atoms with Crippen LogP contribution in [0.4, 0.5) is 0 Å². The first-order valence-electron chi connectivity index (χ1n) is 8.74. The lowest BCUT2D eigenvalue weighted by Crippen LogP contribution is -2.22. The van der Waals surface area contributed by atoms with Crippen LogP contribution in [0.25, 0.3) is 0 Å². The van der Waals surface area contributed by atoms with Crippen LogP contribution in [-0.2, 0) is 19.6 Å². The molecule has 0 spiro atoms. The van der Waals surface area contributed by atoms with Gasteiger partial charge in [0.15, 0.2) is 0 Å². The van der Waals surface area contributed by atoms with Crippen LogP contribution in [0.5, 0.6) is 5.75 Å². The zero-order valence-electron chi connectivity index (χ0n) is 14.7. The van der Waals surface area contributed by atoms with Crippen molar-refractivity contribution in [1.29, 1.82) is 0 Å². The van der Waals surface area contributed by atoms with E-state index in [-0.39, 0.29) is 5.41 Å². The monoisotopic (exact) mass is 333 g/mol. The number of rotatable bonds is 5. The van der Waals surface area contributed by atoms with E-state index in [1.165, 1.54) is 16.7 Å². The minimum atomic E-state index is 0.201. The molecule has 4 nitrogen and oxygen atoms in total. The van der Waals surface area contributed by atoms with E-state index < -0.39 is 0 Å². The molecule has 0 saturated heterocycles. The summed E-state index contributed by atoms with van der Waals surface area (Å²) in [5, 5.41) is 4.28. The molecule has 1 heterocycles.